The molecule has 1 N–H and O–H groups in total. The summed E-state index contributed by atoms with van der Waals surface area (Å²) in [6, 6.07) is 10.3. The molecule has 2 rings (SSSR count). The highest BCUT2D eigenvalue weighted by atomic mass is 16.5. The third-order valence-electron chi connectivity index (χ3n) is 7.18. The predicted octanol–water partition coefficient (Wildman–Crippen LogP) is 8.00. The molecule has 0 spiro atoms. The lowest BCUT2D eigenvalue weighted by Crippen LogP contribution is -2.35. The van der Waals surface area contributed by atoms with Crippen LogP contribution in [0.5, 0.6) is 0 Å². The van der Waals surface area contributed by atoms with Crippen molar-refractivity contribution in [2.24, 2.45) is 4.99 Å². The molecular formula is C32H54N2O3. The highest BCUT2D eigenvalue weighted by Crippen LogP contribution is 2.14. The van der Waals surface area contributed by atoms with Crippen molar-refractivity contribution >= 4 is 11.8 Å². The van der Waals surface area contributed by atoms with Crippen molar-refractivity contribution in [3.63, 3.8) is 0 Å². The number of amides is 1. The Balaban J connectivity index is 1.63. The van der Waals surface area contributed by atoms with Gasteiger partial charge in [-0.1, -0.05) is 116 Å². The monoisotopic (exact) mass is 514 g/mol. The second-order valence-electron chi connectivity index (χ2n) is 10.7. The van der Waals surface area contributed by atoms with E-state index in [0.717, 1.165) is 24.8 Å². The zero-order chi connectivity index (χ0) is 26.4. The lowest BCUT2D eigenvalue weighted by molar-refractivity contribution is -0.122. The van der Waals surface area contributed by atoms with E-state index >= 15 is 0 Å². The third-order valence-corrected chi connectivity index (χ3v) is 7.18. The summed E-state index contributed by atoms with van der Waals surface area (Å²) < 4.78 is 11.7. The molecule has 5 nitrogen and oxygen atoms in total. The fourth-order valence-electron chi connectivity index (χ4n) is 4.86. The van der Waals surface area contributed by atoms with Crippen LogP contribution in [0.4, 0.5) is 0 Å². The maximum atomic E-state index is 12.6. The van der Waals surface area contributed by atoms with Gasteiger partial charge < -0.3 is 14.8 Å². The molecule has 0 radical (unpaired) electrons. The quantitative estimate of drug-likeness (QED) is 0.150. The number of hydrogen-bond acceptors (Lipinski definition) is 4. The molecule has 0 aliphatic carbocycles. The predicted molar refractivity (Wildman–Crippen MR) is 155 cm³/mol. The summed E-state index contributed by atoms with van der Waals surface area (Å²) in [5, 5.41) is 3.32. The van der Waals surface area contributed by atoms with Gasteiger partial charge in [-0.25, -0.2) is 4.99 Å². The largest absolute Gasteiger partial charge is 0.475 e. The van der Waals surface area contributed by atoms with Crippen LogP contribution in [0.2, 0.25) is 0 Å². The molecule has 0 bridgehead atoms. The minimum absolute atomic E-state index is 0.0453. The number of nitrogens with one attached hydrogen (secondary N) is 1. The molecule has 0 aromatic heterocycles. The van der Waals surface area contributed by atoms with Gasteiger partial charge in [0.05, 0.1) is 6.61 Å². The maximum Gasteiger partial charge on any atom is 0.220 e. The standard InChI is InChI=1S/C32H54N2O3/c1-3-5-7-9-10-11-12-14-19-23-31(35)33-29(22-18-13-8-6-4-2)24-25-36-26-30-27-37-32(34-30)28-20-16-15-17-21-28/h15-17,20-21,29-30H,3-14,18-19,22-27H2,1-2H3,(H,33,35). The van der Waals surface area contributed by atoms with Crippen LogP contribution < -0.4 is 5.32 Å². The van der Waals surface area contributed by atoms with Crippen LogP contribution >= 0.6 is 0 Å². The number of hydrogen-bond donors (Lipinski definition) is 1. The van der Waals surface area contributed by atoms with E-state index < -0.39 is 0 Å². The molecular weight excluding hydrogens is 460 g/mol. The molecule has 0 saturated heterocycles. The number of nitrogens with zero attached hydrogens (tertiary/aromatic N) is 1. The summed E-state index contributed by atoms with van der Waals surface area (Å²) in [4.78, 5) is 17.3. The number of ether oxygens (including phenoxy) is 2. The Morgan fingerprint density at radius 3 is 2.19 bits per heavy atom. The normalized spacial score (nSPS) is 15.8. The smallest absolute Gasteiger partial charge is 0.220 e. The second kappa shape index (κ2) is 21.1. The van der Waals surface area contributed by atoms with E-state index in [2.05, 4.69) is 24.2 Å². The number of carbonyl (C=O) groups excluding carboxylic acids is 1. The van der Waals surface area contributed by atoms with E-state index in [0.29, 0.717) is 32.1 Å². The molecule has 210 valence electrons. The minimum Gasteiger partial charge on any atom is -0.475 e. The van der Waals surface area contributed by atoms with Crippen LogP contribution in [0.3, 0.4) is 0 Å². The fourth-order valence-corrected chi connectivity index (χ4v) is 4.86. The first-order valence-corrected chi connectivity index (χ1v) is 15.4. The van der Waals surface area contributed by atoms with Crippen LogP contribution in [0.15, 0.2) is 35.3 Å². The van der Waals surface area contributed by atoms with Crippen LogP contribution in [0.25, 0.3) is 0 Å². The van der Waals surface area contributed by atoms with Crippen molar-refractivity contribution in [3.8, 4) is 0 Å². The third kappa shape index (κ3) is 15.2. The summed E-state index contributed by atoms with van der Waals surface area (Å²) >= 11 is 0. The van der Waals surface area contributed by atoms with Crippen LogP contribution in [0, 0.1) is 0 Å². The number of rotatable bonds is 23. The Kier molecular flexibility index (Phi) is 17.9. The van der Waals surface area contributed by atoms with Crippen LogP contribution in [-0.2, 0) is 14.3 Å². The molecule has 1 aromatic rings. The average Bonchev–Trinajstić information content (AvgIpc) is 3.39. The van der Waals surface area contributed by atoms with Gasteiger partial charge in [-0.15, -0.1) is 0 Å². The van der Waals surface area contributed by atoms with Gasteiger partial charge in [0.15, 0.2) is 0 Å². The minimum atomic E-state index is 0.0453. The molecule has 1 aromatic carbocycles. The average molecular weight is 515 g/mol. The van der Waals surface area contributed by atoms with E-state index in [-0.39, 0.29) is 18.0 Å². The van der Waals surface area contributed by atoms with E-state index in [1.807, 2.05) is 30.3 Å². The highest BCUT2D eigenvalue weighted by Gasteiger charge is 2.20. The van der Waals surface area contributed by atoms with Gasteiger partial charge in [-0.3, -0.25) is 4.79 Å². The zero-order valence-electron chi connectivity index (χ0n) is 23.9. The van der Waals surface area contributed by atoms with Crippen LogP contribution in [-0.4, -0.2) is 43.7 Å². The van der Waals surface area contributed by atoms with Gasteiger partial charge >= 0.3 is 0 Å². The van der Waals surface area contributed by atoms with Crippen LogP contribution in [0.1, 0.15) is 129 Å². The number of unbranched alkanes of at least 4 members (excludes halogenated alkanes) is 12. The highest BCUT2D eigenvalue weighted by molar-refractivity contribution is 5.95. The van der Waals surface area contributed by atoms with E-state index in [1.165, 1.54) is 83.5 Å². The fraction of sp³-hybridized carbons (Fsp3) is 0.750. The van der Waals surface area contributed by atoms with Crippen molar-refractivity contribution in [3.05, 3.63) is 35.9 Å². The maximum absolute atomic E-state index is 12.6. The Morgan fingerprint density at radius 2 is 1.51 bits per heavy atom. The molecule has 1 aliphatic rings. The first-order valence-electron chi connectivity index (χ1n) is 15.4. The van der Waals surface area contributed by atoms with Crippen molar-refractivity contribution < 1.29 is 14.3 Å². The van der Waals surface area contributed by atoms with Gasteiger partial charge in [0.1, 0.15) is 12.6 Å². The summed E-state index contributed by atoms with van der Waals surface area (Å²) in [5.74, 6) is 0.922. The van der Waals surface area contributed by atoms with Crippen molar-refractivity contribution in [2.45, 2.75) is 135 Å². The Labute approximate surface area is 227 Å². The first-order chi connectivity index (χ1) is 18.2. The van der Waals surface area contributed by atoms with Crippen molar-refractivity contribution in [1.29, 1.82) is 0 Å². The molecule has 2 atom stereocenters. The summed E-state index contributed by atoms with van der Waals surface area (Å²) in [7, 11) is 0. The van der Waals surface area contributed by atoms with Gasteiger partial charge in [-0.2, -0.15) is 0 Å². The SMILES string of the molecule is CCCCCCCCCCCC(=O)NC(CCCCCCC)CCOCC1COC(c2ccccc2)=N1. The summed E-state index contributed by atoms with van der Waals surface area (Å²) in [6.45, 7) is 6.28. The summed E-state index contributed by atoms with van der Waals surface area (Å²) in [5.41, 5.74) is 1.02. The van der Waals surface area contributed by atoms with E-state index in [9.17, 15) is 4.79 Å². The lowest BCUT2D eigenvalue weighted by atomic mass is 10.0. The van der Waals surface area contributed by atoms with Gasteiger partial charge in [0, 0.05) is 24.6 Å². The second-order valence-corrected chi connectivity index (χ2v) is 10.7. The molecule has 2 unspecified atom stereocenters. The topological polar surface area (TPSA) is 59.9 Å². The molecule has 1 amide bonds. The van der Waals surface area contributed by atoms with Gasteiger partial charge in [0.25, 0.3) is 0 Å². The lowest BCUT2D eigenvalue weighted by Gasteiger charge is -2.19. The number of carbonyl (C=O) groups is 1. The summed E-state index contributed by atoms with van der Waals surface area (Å²) in [6.07, 6.45) is 20.3. The molecule has 1 heterocycles. The zero-order valence-corrected chi connectivity index (χ0v) is 23.9. The first kappa shape index (κ1) is 31.3. The molecule has 0 saturated carbocycles. The van der Waals surface area contributed by atoms with E-state index in [4.69, 9.17) is 9.47 Å². The van der Waals surface area contributed by atoms with Crippen molar-refractivity contribution in [1.82, 2.24) is 5.32 Å². The number of benzene rings is 1. The van der Waals surface area contributed by atoms with Crippen molar-refractivity contribution in [2.75, 3.05) is 19.8 Å². The van der Waals surface area contributed by atoms with Gasteiger partial charge in [0.2, 0.25) is 11.8 Å². The van der Waals surface area contributed by atoms with Gasteiger partial charge in [-0.05, 0) is 31.4 Å². The molecule has 0 fully saturated rings. The Morgan fingerprint density at radius 1 is 0.892 bits per heavy atom. The van der Waals surface area contributed by atoms with E-state index in [1.54, 1.807) is 0 Å². The number of aliphatic imine (C=N–C) groups is 1. The Bertz CT molecular complexity index is 722. The molecule has 5 heteroatoms. The molecule has 37 heavy (non-hydrogen) atoms. The molecule has 1 aliphatic heterocycles. The Hall–Kier alpha value is -1.88.